The fourth-order valence-electron chi connectivity index (χ4n) is 1.06. The lowest BCUT2D eigenvalue weighted by Gasteiger charge is -2.07. The second kappa shape index (κ2) is 5.18. The summed E-state index contributed by atoms with van der Waals surface area (Å²) in [6.45, 7) is -0.0768. The summed E-state index contributed by atoms with van der Waals surface area (Å²) in [4.78, 5) is 3.70. The molecule has 1 aromatic carbocycles. The Labute approximate surface area is 101 Å². The molecule has 0 saturated heterocycles. The Morgan fingerprint density at radius 1 is 1.47 bits per heavy atom. The Morgan fingerprint density at radius 2 is 2.12 bits per heavy atom. The van der Waals surface area contributed by atoms with Crippen molar-refractivity contribution in [3.05, 3.63) is 34.3 Å². The number of nitrogens with one attached hydrogen (secondary N) is 1. The van der Waals surface area contributed by atoms with Crippen LogP contribution in [0.5, 0.6) is 0 Å². The summed E-state index contributed by atoms with van der Waals surface area (Å²) in [6.07, 6.45) is -3.26. The smallest absolute Gasteiger partial charge is 0.386 e. The molecule has 0 saturated carbocycles. The summed E-state index contributed by atoms with van der Waals surface area (Å²) >= 11 is 5.72. The third kappa shape index (κ3) is 4.07. The molecule has 0 fully saturated rings. The Bertz CT molecular complexity index is 455. The minimum atomic E-state index is -4.42. The molecular weight excluding hydrogens is 255 g/mol. The molecule has 3 nitrogen and oxygen atoms in total. The molecule has 0 aliphatic heterocycles. The maximum Gasteiger partial charge on any atom is 0.416 e. The molecule has 0 bridgehead atoms. The summed E-state index contributed by atoms with van der Waals surface area (Å²) in [5.74, 6) is -0.177. The van der Waals surface area contributed by atoms with Gasteiger partial charge in [-0.15, -0.1) is 0 Å². The molecule has 0 aliphatic rings. The number of nitrogens with two attached hydrogens (primary N) is 1. The van der Waals surface area contributed by atoms with E-state index in [0.29, 0.717) is 0 Å². The van der Waals surface area contributed by atoms with E-state index < -0.39 is 11.7 Å². The van der Waals surface area contributed by atoms with Crippen LogP contribution >= 0.6 is 11.6 Å². The minimum Gasteiger partial charge on any atom is -0.386 e. The van der Waals surface area contributed by atoms with Crippen LogP contribution in [0.2, 0.25) is 5.02 Å². The van der Waals surface area contributed by atoms with E-state index in [9.17, 15) is 13.2 Å². The molecule has 0 radical (unpaired) electrons. The number of aliphatic imine (C=N–C) groups is 1. The first-order chi connectivity index (χ1) is 7.80. The van der Waals surface area contributed by atoms with Crippen LogP contribution in [0.25, 0.3) is 0 Å². The highest BCUT2D eigenvalue weighted by Crippen LogP contribution is 2.31. The van der Waals surface area contributed by atoms with Gasteiger partial charge in [-0.1, -0.05) is 11.6 Å². The topological polar surface area (TPSA) is 62.2 Å². The molecule has 0 spiro atoms. The lowest BCUT2D eigenvalue weighted by Crippen LogP contribution is -2.13. The monoisotopic (exact) mass is 263 g/mol. The maximum absolute atomic E-state index is 12.4. The number of rotatable bonds is 3. The van der Waals surface area contributed by atoms with Crippen molar-refractivity contribution in [3.63, 3.8) is 0 Å². The second-order valence-electron chi connectivity index (χ2n) is 3.23. The van der Waals surface area contributed by atoms with Crippen LogP contribution in [0, 0.1) is 5.41 Å². The van der Waals surface area contributed by atoms with Gasteiger partial charge < -0.3 is 5.73 Å². The Balaban J connectivity index is 2.99. The molecule has 0 aliphatic carbocycles. The highest BCUT2D eigenvalue weighted by Gasteiger charge is 2.30. The quantitative estimate of drug-likeness (QED) is 0.639. The van der Waals surface area contributed by atoms with Crippen LogP contribution in [0.1, 0.15) is 11.1 Å². The molecule has 92 valence electrons. The van der Waals surface area contributed by atoms with Crippen molar-refractivity contribution in [2.45, 2.75) is 6.18 Å². The average molecular weight is 264 g/mol. The van der Waals surface area contributed by atoms with E-state index in [-0.39, 0.29) is 23.0 Å². The zero-order valence-corrected chi connectivity index (χ0v) is 9.31. The van der Waals surface area contributed by atoms with Crippen molar-refractivity contribution < 1.29 is 13.2 Å². The standard InChI is InChI=1S/C10H9ClF3N3/c11-8-2-1-7(10(12,13)14)3-6(8)4-17-5-9(15)16/h1-4H,5H2,(H3,15,16). The normalized spacial score (nSPS) is 12.0. The van der Waals surface area contributed by atoms with Crippen LogP contribution < -0.4 is 5.73 Å². The van der Waals surface area contributed by atoms with E-state index in [1.165, 1.54) is 6.21 Å². The van der Waals surface area contributed by atoms with Gasteiger partial charge in [0.25, 0.3) is 0 Å². The van der Waals surface area contributed by atoms with Crippen molar-refractivity contribution in [3.8, 4) is 0 Å². The SMILES string of the molecule is N=C(N)CN=Cc1cc(C(F)(F)F)ccc1Cl. The number of nitrogens with zero attached hydrogens (tertiary/aromatic N) is 1. The van der Waals surface area contributed by atoms with Crippen molar-refractivity contribution in [1.29, 1.82) is 5.41 Å². The van der Waals surface area contributed by atoms with E-state index in [0.717, 1.165) is 18.2 Å². The van der Waals surface area contributed by atoms with E-state index in [4.69, 9.17) is 22.7 Å². The van der Waals surface area contributed by atoms with Crippen molar-refractivity contribution in [1.82, 2.24) is 0 Å². The highest BCUT2D eigenvalue weighted by molar-refractivity contribution is 6.33. The van der Waals surface area contributed by atoms with Gasteiger partial charge in [0.05, 0.1) is 12.1 Å². The van der Waals surface area contributed by atoms with Gasteiger partial charge >= 0.3 is 6.18 Å². The number of hydrogen-bond donors (Lipinski definition) is 2. The molecule has 3 N–H and O–H groups in total. The summed E-state index contributed by atoms with van der Waals surface area (Å²) in [6, 6.07) is 2.94. The summed E-state index contributed by atoms with van der Waals surface area (Å²) in [5.41, 5.74) is 4.39. The lowest BCUT2D eigenvalue weighted by atomic mass is 10.1. The fourth-order valence-corrected chi connectivity index (χ4v) is 1.23. The van der Waals surface area contributed by atoms with Crippen molar-refractivity contribution in [2.75, 3.05) is 6.54 Å². The molecule has 0 heterocycles. The zero-order chi connectivity index (χ0) is 13.1. The number of halogens is 4. The van der Waals surface area contributed by atoms with Gasteiger partial charge in [0.2, 0.25) is 0 Å². The van der Waals surface area contributed by atoms with Gasteiger partial charge in [-0.05, 0) is 18.2 Å². The van der Waals surface area contributed by atoms with Gasteiger partial charge in [0.1, 0.15) is 5.84 Å². The highest BCUT2D eigenvalue weighted by atomic mass is 35.5. The molecule has 7 heteroatoms. The summed E-state index contributed by atoms with van der Waals surface area (Å²) in [5, 5.41) is 7.06. The average Bonchev–Trinajstić information content (AvgIpc) is 2.18. The lowest BCUT2D eigenvalue weighted by molar-refractivity contribution is -0.137. The first-order valence-electron chi connectivity index (χ1n) is 4.50. The molecule has 0 amide bonds. The first kappa shape index (κ1) is 13.5. The van der Waals surface area contributed by atoms with Gasteiger partial charge in [-0.2, -0.15) is 13.2 Å². The Morgan fingerprint density at radius 3 is 2.65 bits per heavy atom. The summed E-state index contributed by atoms with van der Waals surface area (Å²) in [7, 11) is 0. The fraction of sp³-hybridized carbons (Fsp3) is 0.200. The van der Waals surface area contributed by atoms with Gasteiger partial charge in [-0.25, -0.2) is 0 Å². The molecule has 0 atom stereocenters. The van der Waals surface area contributed by atoms with Crippen LogP contribution in [0.15, 0.2) is 23.2 Å². The number of alkyl halides is 3. The summed E-state index contributed by atoms with van der Waals surface area (Å²) < 4.78 is 37.2. The molecule has 0 aromatic heterocycles. The number of hydrogen-bond acceptors (Lipinski definition) is 2. The first-order valence-corrected chi connectivity index (χ1v) is 4.88. The van der Waals surface area contributed by atoms with Crippen molar-refractivity contribution in [2.24, 2.45) is 10.7 Å². The van der Waals surface area contributed by atoms with Crippen LogP contribution in [-0.4, -0.2) is 18.6 Å². The van der Waals surface area contributed by atoms with Gasteiger partial charge in [-0.3, -0.25) is 10.4 Å². The van der Waals surface area contributed by atoms with Crippen molar-refractivity contribution >= 4 is 23.7 Å². The molecular formula is C10H9ClF3N3. The third-order valence-electron chi connectivity index (χ3n) is 1.82. The predicted molar refractivity (Wildman–Crippen MR) is 60.8 cm³/mol. The van der Waals surface area contributed by atoms with E-state index in [2.05, 4.69) is 4.99 Å². The largest absolute Gasteiger partial charge is 0.416 e. The number of benzene rings is 1. The Kier molecular flexibility index (Phi) is 4.11. The van der Waals surface area contributed by atoms with E-state index in [1.807, 2.05) is 0 Å². The predicted octanol–water partition coefficient (Wildman–Crippen LogP) is 2.71. The second-order valence-corrected chi connectivity index (χ2v) is 3.64. The third-order valence-corrected chi connectivity index (χ3v) is 2.16. The van der Waals surface area contributed by atoms with Crippen LogP contribution in [0.3, 0.4) is 0 Å². The van der Waals surface area contributed by atoms with Crippen LogP contribution in [0.4, 0.5) is 13.2 Å². The van der Waals surface area contributed by atoms with E-state index in [1.54, 1.807) is 0 Å². The Hall–Kier alpha value is -1.56. The molecule has 1 aromatic rings. The zero-order valence-electron chi connectivity index (χ0n) is 8.55. The minimum absolute atomic E-state index is 0.0768. The maximum atomic E-state index is 12.4. The van der Waals surface area contributed by atoms with E-state index >= 15 is 0 Å². The molecule has 0 unspecified atom stereocenters. The molecule has 1 rings (SSSR count). The van der Waals surface area contributed by atoms with Gasteiger partial charge in [0.15, 0.2) is 0 Å². The van der Waals surface area contributed by atoms with Gasteiger partial charge in [0, 0.05) is 16.8 Å². The van der Waals surface area contributed by atoms with Crippen LogP contribution in [-0.2, 0) is 6.18 Å². The number of amidine groups is 1. The molecule has 17 heavy (non-hydrogen) atoms.